The van der Waals surface area contributed by atoms with E-state index in [1.165, 1.54) is 7.11 Å². The van der Waals surface area contributed by atoms with Gasteiger partial charge >= 0.3 is 5.97 Å². The number of aryl methyl sites for hydroxylation is 2. The van der Waals surface area contributed by atoms with Crippen molar-refractivity contribution < 1.29 is 14.3 Å². The number of benzene rings is 2. The van der Waals surface area contributed by atoms with Crippen molar-refractivity contribution in [2.75, 3.05) is 7.11 Å². The van der Waals surface area contributed by atoms with Gasteiger partial charge in [-0.1, -0.05) is 24.3 Å². The molecule has 0 atom stereocenters. The van der Waals surface area contributed by atoms with E-state index in [4.69, 9.17) is 9.47 Å². The normalized spacial score (nSPS) is 10.9. The number of nitrogens with zero attached hydrogens (tertiary/aromatic N) is 4. The number of rotatable bonds is 6. The van der Waals surface area contributed by atoms with Crippen LogP contribution in [0.25, 0.3) is 0 Å². The van der Waals surface area contributed by atoms with Gasteiger partial charge in [-0.25, -0.2) is 9.47 Å². The maximum atomic E-state index is 11.5. The van der Waals surface area contributed by atoms with Crippen LogP contribution < -0.4 is 4.74 Å². The molecule has 0 aliphatic heterocycles. The van der Waals surface area contributed by atoms with Gasteiger partial charge < -0.3 is 9.47 Å². The molecule has 0 fully saturated rings. The Hall–Kier alpha value is -3.48. The van der Waals surface area contributed by atoms with Crippen LogP contribution in [0.3, 0.4) is 0 Å². The van der Waals surface area contributed by atoms with Crippen molar-refractivity contribution >= 4 is 12.2 Å². The minimum atomic E-state index is -0.358. The fourth-order valence-corrected chi connectivity index (χ4v) is 2.49. The number of para-hydroxylation sites is 1. The number of ether oxygens (including phenoxy) is 2. The highest BCUT2D eigenvalue weighted by Gasteiger charge is 2.06. The van der Waals surface area contributed by atoms with Gasteiger partial charge in [0.2, 0.25) is 0 Å². The van der Waals surface area contributed by atoms with E-state index in [2.05, 4.69) is 15.3 Å². The lowest BCUT2D eigenvalue weighted by Gasteiger charge is -2.09. The first-order chi connectivity index (χ1) is 13.1. The lowest BCUT2D eigenvalue weighted by atomic mass is 10.1. The summed E-state index contributed by atoms with van der Waals surface area (Å²) in [5.74, 6) is 1.78. The fraction of sp³-hybridized carbons (Fsp3) is 0.200. The summed E-state index contributed by atoms with van der Waals surface area (Å²) in [6.07, 6.45) is 1.72. The highest BCUT2D eigenvalue weighted by Crippen LogP contribution is 2.18. The predicted octanol–water partition coefficient (Wildman–Crippen LogP) is 3.14. The zero-order valence-electron chi connectivity index (χ0n) is 15.4. The van der Waals surface area contributed by atoms with Crippen LogP contribution >= 0.6 is 0 Å². The first-order valence-corrected chi connectivity index (χ1v) is 8.40. The maximum absolute atomic E-state index is 11.5. The van der Waals surface area contributed by atoms with Crippen LogP contribution in [0, 0.1) is 13.8 Å². The number of hydrogen-bond acceptors (Lipinski definition) is 6. The molecule has 0 saturated heterocycles. The van der Waals surface area contributed by atoms with Crippen molar-refractivity contribution in [2.45, 2.75) is 20.5 Å². The van der Waals surface area contributed by atoms with Crippen LogP contribution in [0.15, 0.2) is 53.6 Å². The Labute approximate surface area is 157 Å². The molecule has 0 spiro atoms. The fourth-order valence-electron chi connectivity index (χ4n) is 2.49. The Morgan fingerprint density at radius 3 is 2.41 bits per heavy atom. The summed E-state index contributed by atoms with van der Waals surface area (Å²) in [6.45, 7) is 4.06. The third-order valence-corrected chi connectivity index (χ3v) is 3.95. The van der Waals surface area contributed by atoms with Crippen LogP contribution in [0.1, 0.15) is 33.1 Å². The molecule has 0 bridgehead atoms. The van der Waals surface area contributed by atoms with Crippen molar-refractivity contribution in [3.63, 3.8) is 0 Å². The summed E-state index contributed by atoms with van der Waals surface area (Å²) in [4.78, 5) is 11.5. The van der Waals surface area contributed by atoms with E-state index in [-0.39, 0.29) is 5.97 Å². The Morgan fingerprint density at radius 2 is 1.74 bits per heavy atom. The smallest absolute Gasteiger partial charge is 0.337 e. The van der Waals surface area contributed by atoms with Gasteiger partial charge in [0.15, 0.2) is 11.6 Å². The summed E-state index contributed by atoms with van der Waals surface area (Å²) < 4.78 is 12.3. The monoisotopic (exact) mass is 364 g/mol. The van der Waals surface area contributed by atoms with Gasteiger partial charge in [0.25, 0.3) is 0 Å². The van der Waals surface area contributed by atoms with E-state index < -0.39 is 0 Å². The Kier molecular flexibility index (Phi) is 5.61. The molecule has 0 saturated carbocycles. The lowest BCUT2D eigenvalue weighted by Crippen LogP contribution is -2.03. The van der Waals surface area contributed by atoms with E-state index in [1.54, 1.807) is 23.0 Å². The molecule has 2 aromatic carbocycles. The third kappa shape index (κ3) is 4.38. The molecule has 0 amide bonds. The number of carbonyl (C=O) groups excluding carboxylic acids is 1. The van der Waals surface area contributed by atoms with E-state index in [9.17, 15) is 4.79 Å². The molecular weight excluding hydrogens is 344 g/mol. The van der Waals surface area contributed by atoms with Crippen molar-refractivity contribution in [3.05, 3.63) is 76.9 Å². The molecule has 1 aromatic heterocycles. The van der Waals surface area contributed by atoms with E-state index in [1.807, 2.05) is 50.2 Å². The van der Waals surface area contributed by atoms with Gasteiger partial charge in [-0.15, -0.1) is 10.2 Å². The number of esters is 1. The van der Waals surface area contributed by atoms with Gasteiger partial charge in [-0.3, -0.25) is 0 Å². The van der Waals surface area contributed by atoms with Crippen molar-refractivity contribution in [1.82, 2.24) is 14.9 Å². The predicted molar refractivity (Wildman–Crippen MR) is 101 cm³/mol. The van der Waals surface area contributed by atoms with Gasteiger partial charge in [-0.05, 0) is 43.7 Å². The summed E-state index contributed by atoms with van der Waals surface area (Å²) in [6, 6.07) is 14.8. The molecule has 0 N–H and O–H groups in total. The van der Waals surface area contributed by atoms with Gasteiger partial charge in [0, 0.05) is 5.56 Å². The number of carbonyl (C=O) groups is 1. The molecule has 0 radical (unpaired) electrons. The second-order valence-corrected chi connectivity index (χ2v) is 5.87. The average molecular weight is 364 g/mol. The summed E-state index contributed by atoms with van der Waals surface area (Å²) in [5, 5.41) is 12.4. The van der Waals surface area contributed by atoms with Crippen LogP contribution in [-0.2, 0) is 11.3 Å². The minimum absolute atomic E-state index is 0.358. The largest absolute Gasteiger partial charge is 0.488 e. The van der Waals surface area contributed by atoms with E-state index in [0.717, 1.165) is 11.1 Å². The zero-order valence-corrected chi connectivity index (χ0v) is 15.4. The Bertz CT molecular complexity index is 942. The van der Waals surface area contributed by atoms with E-state index in [0.29, 0.717) is 29.6 Å². The molecule has 3 rings (SSSR count). The molecule has 0 aliphatic carbocycles. The minimum Gasteiger partial charge on any atom is -0.488 e. The zero-order chi connectivity index (χ0) is 19.2. The maximum Gasteiger partial charge on any atom is 0.337 e. The van der Waals surface area contributed by atoms with Gasteiger partial charge in [0.1, 0.15) is 12.4 Å². The first-order valence-electron chi connectivity index (χ1n) is 8.40. The first kappa shape index (κ1) is 18.3. The molecule has 0 aliphatic rings. The molecule has 7 heteroatoms. The highest BCUT2D eigenvalue weighted by atomic mass is 16.5. The van der Waals surface area contributed by atoms with Crippen LogP contribution in [0.4, 0.5) is 0 Å². The second-order valence-electron chi connectivity index (χ2n) is 5.87. The number of hydrogen-bond donors (Lipinski definition) is 0. The third-order valence-electron chi connectivity index (χ3n) is 3.95. The topological polar surface area (TPSA) is 78.6 Å². The Balaban J connectivity index is 1.72. The van der Waals surface area contributed by atoms with Crippen LogP contribution in [0.2, 0.25) is 0 Å². The van der Waals surface area contributed by atoms with Gasteiger partial charge in [0.05, 0.1) is 18.9 Å². The summed E-state index contributed by atoms with van der Waals surface area (Å²) >= 11 is 0. The van der Waals surface area contributed by atoms with E-state index >= 15 is 0 Å². The lowest BCUT2D eigenvalue weighted by molar-refractivity contribution is 0.0600. The van der Waals surface area contributed by atoms with Crippen LogP contribution in [-0.4, -0.2) is 34.2 Å². The molecule has 138 valence electrons. The quantitative estimate of drug-likeness (QED) is 0.496. The van der Waals surface area contributed by atoms with Crippen molar-refractivity contribution in [1.29, 1.82) is 0 Å². The highest BCUT2D eigenvalue weighted by molar-refractivity contribution is 5.89. The Morgan fingerprint density at radius 1 is 1.07 bits per heavy atom. The molecular formula is C20H20N4O3. The standard InChI is InChI=1S/C20H20N4O3/c1-14-22-23-15(2)24(14)21-12-18-6-4-5-7-19(18)27-13-16-8-10-17(11-9-16)20(25)26-3/h4-12H,13H2,1-3H3/b21-12-. The molecule has 0 unspecified atom stereocenters. The molecule has 7 nitrogen and oxygen atoms in total. The molecule has 27 heavy (non-hydrogen) atoms. The van der Waals surface area contributed by atoms with Crippen LogP contribution in [0.5, 0.6) is 5.75 Å². The average Bonchev–Trinajstić information content (AvgIpc) is 3.02. The van der Waals surface area contributed by atoms with Crippen molar-refractivity contribution in [3.8, 4) is 5.75 Å². The second kappa shape index (κ2) is 8.27. The molecule has 3 aromatic rings. The summed E-state index contributed by atoms with van der Waals surface area (Å²) in [7, 11) is 1.36. The van der Waals surface area contributed by atoms with Crippen molar-refractivity contribution in [2.24, 2.45) is 5.10 Å². The van der Waals surface area contributed by atoms with Gasteiger partial charge in [-0.2, -0.15) is 5.10 Å². The SMILES string of the molecule is COC(=O)c1ccc(COc2ccccc2/C=N\n2c(C)nnc2C)cc1. The summed E-state index contributed by atoms with van der Waals surface area (Å²) in [5.41, 5.74) is 2.30. The number of methoxy groups -OCH3 is 1. The number of aromatic nitrogens is 3. The molecule has 1 heterocycles.